The van der Waals surface area contributed by atoms with Gasteiger partial charge in [0.15, 0.2) is 11.6 Å². The predicted molar refractivity (Wildman–Crippen MR) is 132 cm³/mol. The average molecular weight is 433 g/mol. The van der Waals surface area contributed by atoms with Crippen LogP contribution in [0.2, 0.25) is 0 Å². The van der Waals surface area contributed by atoms with E-state index in [1.54, 1.807) is 24.3 Å². The lowest BCUT2D eigenvalue weighted by Gasteiger charge is -2.01. The van der Waals surface area contributed by atoms with Crippen molar-refractivity contribution in [3.8, 4) is 23.7 Å². The van der Waals surface area contributed by atoms with E-state index in [2.05, 4.69) is 60.1 Å². The summed E-state index contributed by atoms with van der Waals surface area (Å²) in [6.07, 6.45) is 6.34. The van der Waals surface area contributed by atoms with Gasteiger partial charge in [-0.3, -0.25) is 0 Å². The highest BCUT2D eigenvalue weighted by Crippen LogP contribution is 2.21. The second kappa shape index (κ2) is 10.4. The van der Waals surface area contributed by atoms with Gasteiger partial charge in [0.2, 0.25) is 0 Å². The summed E-state index contributed by atoms with van der Waals surface area (Å²) >= 11 is 0. The highest BCUT2D eigenvalue weighted by molar-refractivity contribution is 5.84. The van der Waals surface area contributed by atoms with Gasteiger partial charge in [-0.1, -0.05) is 60.1 Å². The summed E-state index contributed by atoms with van der Waals surface area (Å²) in [6.45, 7) is 2.04. The summed E-state index contributed by atoms with van der Waals surface area (Å²) in [6, 6.07) is 23.8. The largest absolute Gasteiger partial charge is 0.204 e. The molecule has 0 radical (unpaired) electrons. The highest BCUT2D eigenvalue weighted by Gasteiger charge is 2.06. The molecule has 0 bridgehead atoms. The average Bonchev–Trinajstić information content (AvgIpc) is 2.85. The molecule has 160 valence electrons. The van der Waals surface area contributed by atoms with Crippen LogP contribution in [0.15, 0.2) is 91.0 Å². The van der Waals surface area contributed by atoms with Crippen LogP contribution in [-0.2, 0) is 6.42 Å². The Balaban J connectivity index is 1.43. The van der Waals surface area contributed by atoms with E-state index in [-0.39, 0.29) is 5.39 Å². The molecule has 0 nitrogen and oxygen atoms in total. The molecular weight excluding hydrogens is 410 g/mol. The molecular formula is C31H22F2. The van der Waals surface area contributed by atoms with Crippen LogP contribution in [0.3, 0.4) is 0 Å². The third-order valence-electron chi connectivity index (χ3n) is 5.28. The van der Waals surface area contributed by atoms with Crippen molar-refractivity contribution in [2.45, 2.75) is 19.8 Å². The molecule has 0 saturated heterocycles. The number of halogens is 2. The number of allylic oxidation sites excluding steroid dienone is 2. The normalized spacial score (nSPS) is 10.5. The highest BCUT2D eigenvalue weighted by atomic mass is 19.2. The van der Waals surface area contributed by atoms with E-state index in [4.69, 9.17) is 0 Å². The Morgan fingerprint density at radius 3 is 1.82 bits per heavy atom. The molecule has 0 fully saturated rings. The van der Waals surface area contributed by atoms with Crippen LogP contribution in [0.4, 0.5) is 8.78 Å². The van der Waals surface area contributed by atoms with Crippen molar-refractivity contribution in [2.75, 3.05) is 0 Å². The fourth-order valence-electron chi connectivity index (χ4n) is 3.44. The van der Waals surface area contributed by atoms with Crippen molar-refractivity contribution < 1.29 is 8.78 Å². The second-order valence-electron chi connectivity index (χ2n) is 7.68. The van der Waals surface area contributed by atoms with Gasteiger partial charge in [0, 0.05) is 27.6 Å². The molecule has 0 heterocycles. The van der Waals surface area contributed by atoms with E-state index in [0.29, 0.717) is 5.39 Å². The first-order valence-corrected chi connectivity index (χ1v) is 10.8. The molecule has 4 aromatic rings. The molecule has 0 atom stereocenters. The summed E-state index contributed by atoms with van der Waals surface area (Å²) < 4.78 is 27.2. The molecule has 2 heteroatoms. The van der Waals surface area contributed by atoms with Gasteiger partial charge in [-0.25, -0.2) is 8.78 Å². The van der Waals surface area contributed by atoms with Crippen molar-refractivity contribution in [1.82, 2.24) is 0 Å². The summed E-state index contributed by atoms with van der Waals surface area (Å²) in [4.78, 5) is 0. The van der Waals surface area contributed by atoms with E-state index < -0.39 is 11.6 Å². The minimum atomic E-state index is -0.846. The number of hydrogen-bond donors (Lipinski definition) is 0. The molecule has 0 saturated carbocycles. The summed E-state index contributed by atoms with van der Waals surface area (Å²) in [5.41, 5.74) is 4.82. The fourth-order valence-corrected chi connectivity index (χ4v) is 3.44. The summed E-state index contributed by atoms with van der Waals surface area (Å²) in [5, 5.41) is 0.879. The smallest absolute Gasteiger partial charge is 0.166 e. The van der Waals surface area contributed by atoms with Gasteiger partial charge in [0.05, 0.1) is 0 Å². The molecule has 0 aliphatic heterocycles. The maximum atomic E-state index is 13.8. The Hall–Kier alpha value is -4.14. The van der Waals surface area contributed by atoms with Crippen molar-refractivity contribution in [3.63, 3.8) is 0 Å². The standard InChI is InChI=1S/C31H22F2/c1-2-3-4-5-23-6-8-24(9-7-23)10-11-25-12-14-26(15-13-25)16-17-27-18-20-29-28(22-27)19-21-30(32)31(29)33/h2-3,6-9,12-15,18-22H,4-5H2,1H3/b3-2+. The topological polar surface area (TPSA) is 0 Å². The number of benzene rings is 4. The molecule has 4 aromatic carbocycles. The van der Waals surface area contributed by atoms with E-state index in [0.717, 1.165) is 41.2 Å². The number of hydrogen-bond acceptors (Lipinski definition) is 0. The lowest BCUT2D eigenvalue weighted by molar-refractivity contribution is 0.517. The Morgan fingerprint density at radius 1 is 0.667 bits per heavy atom. The van der Waals surface area contributed by atoms with E-state index in [1.807, 2.05) is 31.2 Å². The number of aryl methyl sites for hydroxylation is 1. The first-order valence-electron chi connectivity index (χ1n) is 10.8. The number of fused-ring (bicyclic) bond motifs is 1. The molecule has 0 spiro atoms. The van der Waals surface area contributed by atoms with Crippen molar-refractivity contribution in [2.24, 2.45) is 0 Å². The predicted octanol–water partition coefficient (Wildman–Crippen LogP) is 7.43. The lowest BCUT2D eigenvalue weighted by Crippen LogP contribution is -1.86. The van der Waals surface area contributed by atoms with Crippen LogP contribution >= 0.6 is 0 Å². The van der Waals surface area contributed by atoms with Gasteiger partial charge in [0.1, 0.15) is 0 Å². The Kier molecular flexibility index (Phi) is 6.99. The minimum absolute atomic E-state index is 0.256. The SMILES string of the molecule is C/C=C/CCc1ccc(C#Cc2ccc(C#Cc3ccc4c(F)c(F)ccc4c3)cc2)cc1. The first kappa shape index (κ1) is 22.1. The lowest BCUT2D eigenvalue weighted by atomic mass is 10.1. The maximum absolute atomic E-state index is 13.8. The van der Waals surface area contributed by atoms with Crippen LogP contribution < -0.4 is 0 Å². The molecule has 0 unspecified atom stereocenters. The maximum Gasteiger partial charge on any atom is 0.166 e. The molecule has 0 aliphatic rings. The van der Waals surface area contributed by atoms with Gasteiger partial charge >= 0.3 is 0 Å². The summed E-state index contributed by atoms with van der Waals surface area (Å²) in [5.74, 6) is 10.9. The zero-order chi connectivity index (χ0) is 23.0. The van der Waals surface area contributed by atoms with Crippen LogP contribution in [0.5, 0.6) is 0 Å². The van der Waals surface area contributed by atoms with Crippen molar-refractivity contribution >= 4 is 10.8 Å². The molecule has 33 heavy (non-hydrogen) atoms. The van der Waals surface area contributed by atoms with Gasteiger partial charge < -0.3 is 0 Å². The Morgan fingerprint density at radius 2 is 1.21 bits per heavy atom. The molecule has 0 aromatic heterocycles. The zero-order valence-electron chi connectivity index (χ0n) is 18.3. The molecule has 0 amide bonds. The van der Waals surface area contributed by atoms with Crippen LogP contribution in [0, 0.1) is 35.3 Å². The minimum Gasteiger partial charge on any atom is -0.204 e. The number of rotatable bonds is 3. The van der Waals surface area contributed by atoms with Gasteiger partial charge in [-0.2, -0.15) is 0 Å². The Labute approximate surface area is 193 Å². The van der Waals surface area contributed by atoms with Gasteiger partial charge in [-0.05, 0) is 85.3 Å². The van der Waals surface area contributed by atoms with Crippen LogP contribution in [-0.4, -0.2) is 0 Å². The van der Waals surface area contributed by atoms with Gasteiger partial charge in [0.25, 0.3) is 0 Å². The van der Waals surface area contributed by atoms with Gasteiger partial charge in [-0.15, -0.1) is 0 Å². The zero-order valence-corrected chi connectivity index (χ0v) is 18.3. The second-order valence-corrected chi connectivity index (χ2v) is 7.68. The molecule has 0 aliphatic carbocycles. The van der Waals surface area contributed by atoms with E-state index in [1.165, 1.54) is 5.56 Å². The van der Waals surface area contributed by atoms with Crippen molar-refractivity contribution in [1.29, 1.82) is 0 Å². The van der Waals surface area contributed by atoms with E-state index in [9.17, 15) is 8.78 Å². The monoisotopic (exact) mass is 432 g/mol. The molecule has 0 N–H and O–H groups in total. The van der Waals surface area contributed by atoms with Crippen molar-refractivity contribution in [3.05, 3.63) is 130 Å². The first-order chi connectivity index (χ1) is 16.1. The third-order valence-corrected chi connectivity index (χ3v) is 5.28. The van der Waals surface area contributed by atoms with Crippen LogP contribution in [0.25, 0.3) is 10.8 Å². The van der Waals surface area contributed by atoms with E-state index >= 15 is 0 Å². The fraction of sp³-hybridized carbons (Fsp3) is 0.0968. The summed E-state index contributed by atoms with van der Waals surface area (Å²) in [7, 11) is 0. The third kappa shape index (κ3) is 5.76. The van der Waals surface area contributed by atoms with Crippen LogP contribution in [0.1, 0.15) is 41.2 Å². The Bertz CT molecular complexity index is 1420. The quantitative estimate of drug-likeness (QED) is 0.233. The molecule has 4 rings (SSSR count).